The number of rotatable bonds is 1. The van der Waals surface area contributed by atoms with E-state index in [-0.39, 0.29) is 29.7 Å². The summed E-state index contributed by atoms with van der Waals surface area (Å²) in [5.41, 5.74) is 0.534. The van der Waals surface area contributed by atoms with Crippen LogP contribution in [0.25, 0.3) is 0 Å². The minimum absolute atomic E-state index is 0.00593. The number of pyridine rings is 1. The Morgan fingerprint density at radius 1 is 1.05 bits per heavy atom. The zero-order valence-corrected chi connectivity index (χ0v) is 11.1. The summed E-state index contributed by atoms with van der Waals surface area (Å²) in [5.74, 6) is -2.84. The second-order valence-corrected chi connectivity index (χ2v) is 5.22. The highest BCUT2D eigenvalue weighted by molar-refractivity contribution is 5.33. The molecule has 110 valence electrons. The van der Waals surface area contributed by atoms with Crippen molar-refractivity contribution in [2.45, 2.75) is 31.0 Å². The van der Waals surface area contributed by atoms with Crippen LogP contribution in [0.15, 0.2) is 36.5 Å². The van der Waals surface area contributed by atoms with Gasteiger partial charge in [-0.25, -0.2) is 13.2 Å². The molecule has 0 fully saturated rings. The van der Waals surface area contributed by atoms with Crippen molar-refractivity contribution in [2.75, 3.05) is 0 Å². The van der Waals surface area contributed by atoms with Crippen molar-refractivity contribution in [1.82, 2.24) is 4.98 Å². The number of benzene rings is 1. The Bertz CT molecular complexity index is 662. The zero-order chi connectivity index (χ0) is 15.0. The average Bonchev–Trinajstić information content (AvgIpc) is 2.62. The van der Waals surface area contributed by atoms with Gasteiger partial charge in [0.1, 0.15) is 6.17 Å². The number of hydrogen-bond acceptors (Lipinski definition) is 2. The Balaban J connectivity index is 2.07. The van der Waals surface area contributed by atoms with Crippen molar-refractivity contribution in [2.24, 2.45) is 0 Å². The molecule has 2 nitrogen and oxygen atoms in total. The van der Waals surface area contributed by atoms with Crippen LogP contribution in [0.1, 0.15) is 47.9 Å². The van der Waals surface area contributed by atoms with Crippen LogP contribution in [0.4, 0.5) is 13.2 Å². The molecule has 3 atom stereocenters. The lowest BCUT2D eigenvalue weighted by Crippen LogP contribution is -2.10. The Hall–Kier alpha value is -1.88. The molecule has 1 aromatic carbocycles. The van der Waals surface area contributed by atoms with E-state index < -0.39 is 29.8 Å². The van der Waals surface area contributed by atoms with Crippen molar-refractivity contribution in [3.8, 4) is 0 Å². The highest BCUT2D eigenvalue weighted by Gasteiger charge is 2.34. The van der Waals surface area contributed by atoms with Crippen LogP contribution in [0.2, 0.25) is 0 Å². The molecule has 0 aliphatic heterocycles. The Labute approximate surface area is 120 Å². The third kappa shape index (κ3) is 2.42. The molecule has 0 unspecified atom stereocenters. The van der Waals surface area contributed by atoms with E-state index in [1.165, 1.54) is 24.4 Å². The third-order valence-corrected chi connectivity index (χ3v) is 3.97. The smallest absolute Gasteiger partial charge is 0.162 e. The molecule has 1 aromatic heterocycles. The average molecular weight is 293 g/mol. The summed E-state index contributed by atoms with van der Waals surface area (Å²) in [7, 11) is 0. The van der Waals surface area contributed by atoms with Crippen LogP contribution in [0, 0.1) is 11.6 Å². The van der Waals surface area contributed by atoms with E-state index in [2.05, 4.69) is 4.98 Å². The molecular weight excluding hydrogens is 279 g/mol. The summed E-state index contributed by atoms with van der Waals surface area (Å²) in [6, 6.07) is 6.87. The van der Waals surface area contributed by atoms with Gasteiger partial charge >= 0.3 is 0 Å². The third-order valence-electron chi connectivity index (χ3n) is 3.97. The first-order chi connectivity index (χ1) is 10.1. The predicted molar refractivity (Wildman–Crippen MR) is 71.4 cm³/mol. The van der Waals surface area contributed by atoms with Gasteiger partial charge < -0.3 is 5.11 Å². The van der Waals surface area contributed by atoms with Gasteiger partial charge in [-0.15, -0.1) is 0 Å². The molecule has 0 amide bonds. The molecule has 1 N–H and O–H groups in total. The predicted octanol–water partition coefficient (Wildman–Crippen LogP) is 3.98. The first kappa shape index (κ1) is 14.1. The van der Waals surface area contributed by atoms with E-state index in [4.69, 9.17) is 0 Å². The lowest BCUT2D eigenvalue weighted by Gasteiger charge is -2.20. The molecule has 0 saturated heterocycles. The second-order valence-electron chi connectivity index (χ2n) is 5.22. The van der Waals surface area contributed by atoms with Crippen LogP contribution >= 0.6 is 0 Å². The summed E-state index contributed by atoms with van der Waals surface area (Å²) in [4.78, 5) is 4.02. The van der Waals surface area contributed by atoms with Crippen LogP contribution in [-0.4, -0.2) is 10.1 Å². The van der Waals surface area contributed by atoms with Gasteiger partial charge in [0.2, 0.25) is 0 Å². The maximum absolute atomic E-state index is 14.8. The van der Waals surface area contributed by atoms with Gasteiger partial charge in [-0.1, -0.05) is 18.2 Å². The standard InChI is InChI=1S/C16H14F3NO/c17-12-5-1-3-9(15(12)19)10-6-7-13(21)16-11(14(10)18)4-2-8-20-16/h1-5,8,10,13-14,21H,6-7H2/t10-,13+,14+/m0/s1. The lowest BCUT2D eigenvalue weighted by molar-refractivity contribution is 0.159. The van der Waals surface area contributed by atoms with Crippen molar-refractivity contribution < 1.29 is 18.3 Å². The first-order valence-corrected chi connectivity index (χ1v) is 6.80. The molecule has 0 saturated carbocycles. The van der Waals surface area contributed by atoms with Crippen LogP contribution in [0.3, 0.4) is 0 Å². The minimum Gasteiger partial charge on any atom is -0.387 e. The number of alkyl halides is 1. The van der Waals surface area contributed by atoms with E-state index in [9.17, 15) is 18.3 Å². The summed E-state index contributed by atoms with van der Waals surface area (Å²) in [6.07, 6.45) is -0.453. The zero-order valence-electron chi connectivity index (χ0n) is 11.1. The van der Waals surface area contributed by atoms with Crippen molar-refractivity contribution in [3.63, 3.8) is 0 Å². The topological polar surface area (TPSA) is 33.1 Å². The number of aliphatic hydroxyl groups is 1. The largest absolute Gasteiger partial charge is 0.387 e. The quantitative estimate of drug-likeness (QED) is 0.807. The van der Waals surface area contributed by atoms with Crippen LogP contribution < -0.4 is 0 Å². The molecule has 1 heterocycles. The number of nitrogens with zero attached hydrogens (tertiary/aromatic N) is 1. The van der Waals surface area contributed by atoms with Gasteiger partial charge in [-0.2, -0.15) is 0 Å². The Kier molecular flexibility index (Phi) is 3.68. The maximum atomic E-state index is 14.8. The fourth-order valence-electron chi connectivity index (χ4n) is 2.90. The highest BCUT2D eigenvalue weighted by Crippen LogP contribution is 2.45. The maximum Gasteiger partial charge on any atom is 0.162 e. The molecule has 1 aliphatic rings. The van der Waals surface area contributed by atoms with Gasteiger partial charge in [0.05, 0.1) is 11.8 Å². The van der Waals surface area contributed by atoms with Gasteiger partial charge in [-0.3, -0.25) is 4.98 Å². The minimum atomic E-state index is -1.53. The molecular formula is C16H14F3NO. The monoisotopic (exact) mass is 293 g/mol. The number of aromatic nitrogens is 1. The van der Waals surface area contributed by atoms with E-state index >= 15 is 0 Å². The van der Waals surface area contributed by atoms with Crippen molar-refractivity contribution in [1.29, 1.82) is 0 Å². The fourth-order valence-corrected chi connectivity index (χ4v) is 2.90. The highest BCUT2D eigenvalue weighted by atomic mass is 19.2. The van der Waals surface area contributed by atoms with Gasteiger partial charge in [0.15, 0.2) is 11.6 Å². The Morgan fingerprint density at radius 3 is 2.62 bits per heavy atom. The van der Waals surface area contributed by atoms with Crippen LogP contribution in [-0.2, 0) is 0 Å². The number of aliphatic hydroxyl groups excluding tert-OH is 1. The van der Waals surface area contributed by atoms with Gasteiger partial charge in [0.25, 0.3) is 0 Å². The number of fused-ring (bicyclic) bond motifs is 1. The summed E-state index contributed by atoms with van der Waals surface area (Å²) in [6.45, 7) is 0. The molecule has 0 spiro atoms. The SMILES string of the molecule is O[C@@H]1CC[C@@H](c2cccc(F)c2F)[C@@H](F)c2cccnc21. The van der Waals surface area contributed by atoms with E-state index in [1.54, 1.807) is 6.07 Å². The Morgan fingerprint density at radius 2 is 1.81 bits per heavy atom. The fraction of sp³-hybridized carbons (Fsp3) is 0.312. The van der Waals surface area contributed by atoms with Crippen molar-refractivity contribution >= 4 is 0 Å². The normalized spacial score (nSPS) is 25.2. The van der Waals surface area contributed by atoms with Crippen LogP contribution in [0.5, 0.6) is 0 Å². The number of halogens is 3. The van der Waals surface area contributed by atoms with E-state index in [1.807, 2.05) is 0 Å². The van der Waals surface area contributed by atoms with E-state index in [0.717, 1.165) is 6.07 Å². The molecule has 0 bridgehead atoms. The molecule has 0 radical (unpaired) electrons. The lowest BCUT2D eigenvalue weighted by atomic mass is 9.88. The second kappa shape index (κ2) is 5.48. The first-order valence-electron chi connectivity index (χ1n) is 6.80. The molecule has 21 heavy (non-hydrogen) atoms. The molecule has 5 heteroatoms. The van der Waals surface area contributed by atoms with Gasteiger partial charge in [0, 0.05) is 17.7 Å². The summed E-state index contributed by atoms with van der Waals surface area (Å²) >= 11 is 0. The summed E-state index contributed by atoms with van der Waals surface area (Å²) in [5, 5.41) is 10.1. The molecule has 3 rings (SSSR count). The van der Waals surface area contributed by atoms with Crippen molar-refractivity contribution in [3.05, 3.63) is 65.0 Å². The molecule has 1 aliphatic carbocycles. The van der Waals surface area contributed by atoms with E-state index in [0.29, 0.717) is 0 Å². The summed E-state index contributed by atoms with van der Waals surface area (Å²) < 4.78 is 42.2. The van der Waals surface area contributed by atoms with Gasteiger partial charge in [-0.05, 0) is 30.5 Å². The number of hydrogen-bond donors (Lipinski definition) is 1. The molecule has 2 aromatic rings.